The van der Waals surface area contributed by atoms with Crippen molar-refractivity contribution in [2.24, 2.45) is 0 Å². The molecule has 0 fully saturated rings. The first-order valence-corrected chi connectivity index (χ1v) is 10.2. The fourth-order valence-electron chi connectivity index (χ4n) is 1.59. The Morgan fingerprint density at radius 3 is 2.40 bits per heavy atom. The van der Waals surface area contributed by atoms with Crippen molar-refractivity contribution in [2.45, 2.75) is 45.5 Å². The van der Waals surface area contributed by atoms with Crippen molar-refractivity contribution in [1.82, 2.24) is 9.97 Å². The van der Waals surface area contributed by atoms with Gasteiger partial charge in [0.25, 0.3) is 0 Å². The van der Waals surface area contributed by atoms with Crippen LogP contribution in [0.15, 0.2) is 12.1 Å². The van der Waals surface area contributed by atoms with E-state index < -0.39 is 8.32 Å². The summed E-state index contributed by atoms with van der Waals surface area (Å²) in [5.41, 5.74) is 1.70. The topological polar surface area (TPSA) is 37.9 Å². The van der Waals surface area contributed by atoms with Crippen LogP contribution in [-0.2, 0) is 11.0 Å². The molecule has 2 aromatic rings. The zero-order valence-electron chi connectivity index (χ0n) is 12.5. The summed E-state index contributed by atoms with van der Waals surface area (Å²) in [6.45, 7) is 11.6. The van der Waals surface area contributed by atoms with Gasteiger partial charge in [0.15, 0.2) is 8.32 Å². The number of imidazole rings is 1. The molecule has 0 bridgehead atoms. The van der Waals surface area contributed by atoms with E-state index in [1.165, 1.54) is 0 Å². The van der Waals surface area contributed by atoms with E-state index in [0.29, 0.717) is 16.7 Å². The minimum atomic E-state index is -1.77. The number of benzene rings is 1. The Balaban J connectivity index is 2.19. The molecule has 110 valence electrons. The molecule has 3 nitrogen and oxygen atoms in total. The van der Waals surface area contributed by atoms with Crippen LogP contribution in [0.3, 0.4) is 0 Å². The summed E-state index contributed by atoms with van der Waals surface area (Å²) in [6.07, 6.45) is 0. The summed E-state index contributed by atoms with van der Waals surface area (Å²) in [6, 6.07) is 3.56. The molecule has 6 heteroatoms. The summed E-state index contributed by atoms with van der Waals surface area (Å²) >= 11 is 12.0. The van der Waals surface area contributed by atoms with E-state index in [2.05, 4.69) is 43.8 Å². The van der Waals surface area contributed by atoms with E-state index in [1.54, 1.807) is 12.1 Å². The Morgan fingerprint density at radius 2 is 1.80 bits per heavy atom. The molecule has 2 rings (SSSR count). The summed E-state index contributed by atoms with van der Waals surface area (Å²) in [5, 5.41) is 1.23. The number of fused-ring (bicyclic) bond motifs is 1. The largest absolute Gasteiger partial charge is 0.409 e. The number of H-pyrrole nitrogens is 1. The highest BCUT2D eigenvalue weighted by atomic mass is 35.5. The van der Waals surface area contributed by atoms with Crippen molar-refractivity contribution < 1.29 is 4.43 Å². The maximum Gasteiger partial charge on any atom is 0.192 e. The van der Waals surface area contributed by atoms with Crippen molar-refractivity contribution in [2.75, 3.05) is 0 Å². The zero-order chi connectivity index (χ0) is 15.1. The fourth-order valence-corrected chi connectivity index (χ4v) is 2.84. The van der Waals surface area contributed by atoms with Crippen molar-refractivity contribution in [3.05, 3.63) is 28.0 Å². The molecule has 0 aliphatic heterocycles. The van der Waals surface area contributed by atoms with Crippen LogP contribution in [0.5, 0.6) is 0 Å². The molecule has 0 unspecified atom stereocenters. The second-order valence-corrected chi connectivity index (χ2v) is 12.1. The lowest BCUT2D eigenvalue weighted by Crippen LogP contribution is -2.40. The van der Waals surface area contributed by atoms with Crippen LogP contribution in [0, 0.1) is 0 Å². The Kier molecular flexibility index (Phi) is 4.22. The Bertz CT molecular complexity index is 593. The average molecular weight is 331 g/mol. The van der Waals surface area contributed by atoms with Gasteiger partial charge in [-0.05, 0) is 30.3 Å². The summed E-state index contributed by atoms with van der Waals surface area (Å²) < 4.78 is 6.15. The highest BCUT2D eigenvalue weighted by Crippen LogP contribution is 2.37. The minimum Gasteiger partial charge on any atom is -0.409 e. The number of hydrogen-bond donors (Lipinski definition) is 1. The molecule has 0 radical (unpaired) electrons. The molecule has 1 heterocycles. The normalized spacial score (nSPS) is 13.2. The first kappa shape index (κ1) is 15.8. The molecular weight excluding hydrogens is 311 g/mol. The highest BCUT2D eigenvalue weighted by Gasteiger charge is 2.37. The van der Waals surface area contributed by atoms with E-state index in [9.17, 15) is 0 Å². The molecule has 0 aliphatic rings. The molecular formula is C14H20Cl2N2OSi. The molecule has 0 spiro atoms. The predicted octanol–water partition coefficient (Wildman–Crippen LogP) is 5.39. The van der Waals surface area contributed by atoms with Gasteiger partial charge in [0.1, 0.15) is 5.82 Å². The van der Waals surface area contributed by atoms with Gasteiger partial charge in [0, 0.05) is 0 Å². The van der Waals surface area contributed by atoms with Crippen LogP contribution in [0.1, 0.15) is 26.6 Å². The number of hydrogen-bond acceptors (Lipinski definition) is 2. The van der Waals surface area contributed by atoms with Gasteiger partial charge in [-0.15, -0.1) is 0 Å². The lowest BCUT2D eigenvalue weighted by molar-refractivity contribution is 0.269. The SMILES string of the molecule is CC(C)(C)[Si](C)(C)OCc1nc2cc(Cl)c(Cl)cc2[nH]1. The van der Waals surface area contributed by atoms with Gasteiger partial charge < -0.3 is 9.41 Å². The summed E-state index contributed by atoms with van der Waals surface area (Å²) in [4.78, 5) is 7.73. The Labute approximate surface area is 130 Å². The number of nitrogens with one attached hydrogen (secondary N) is 1. The molecule has 1 aromatic heterocycles. The Hall–Kier alpha value is -0.553. The lowest BCUT2D eigenvalue weighted by Gasteiger charge is -2.35. The van der Waals surface area contributed by atoms with E-state index in [-0.39, 0.29) is 5.04 Å². The van der Waals surface area contributed by atoms with Crippen LogP contribution in [0.25, 0.3) is 11.0 Å². The smallest absolute Gasteiger partial charge is 0.192 e. The van der Waals surface area contributed by atoms with Crippen molar-refractivity contribution in [1.29, 1.82) is 0 Å². The van der Waals surface area contributed by atoms with Crippen LogP contribution < -0.4 is 0 Å². The second-order valence-electron chi connectivity index (χ2n) is 6.52. The van der Waals surface area contributed by atoms with Crippen LogP contribution >= 0.6 is 23.2 Å². The first-order chi connectivity index (χ1) is 9.10. The summed E-state index contributed by atoms with van der Waals surface area (Å²) in [7, 11) is -1.77. The second kappa shape index (κ2) is 5.33. The average Bonchev–Trinajstić information content (AvgIpc) is 2.68. The number of nitrogens with zero attached hydrogens (tertiary/aromatic N) is 1. The molecule has 0 aliphatic carbocycles. The van der Waals surface area contributed by atoms with Crippen LogP contribution in [-0.4, -0.2) is 18.3 Å². The van der Waals surface area contributed by atoms with Gasteiger partial charge in [-0.1, -0.05) is 44.0 Å². The maximum atomic E-state index is 6.15. The van der Waals surface area contributed by atoms with E-state index in [1.807, 2.05) is 0 Å². The third-order valence-electron chi connectivity index (χ3n) is 3.95. The maximum absolute atomic E-state index is 6.15. The first-order valence-electron chi connectivity index (χ1n) is 6.58. The Morgan fingerprint density at radius 1 is 1.20 bits per heavy atom. The van der Waals surface area contributed by atoms with Gasteiger partial charge in [-0.25, -0.2) is 4.98 Å². The number of halogens is 2. The highest BCUT2D eigenvalue weighted by molar-refractivity contribution is 6.74. The van der Waals surface area contributed by atoms with Gasteiger partial charge in [-0.3, -0.25) is 0 Å². The van der Waals surface area contributed by atoms with Gasteiger partial charge >= 0.3 is 0 Å². The molecule has 20 heavy (non-hydrogen) atoms. The molecule has 1 aromatic carbocycles. The fraction of sp³-hybridized carbons (Fsp3) is 0.500. The van der Waals surface area contributed by atoms with E-state index in [4.69, 9.17) is 27.6 Å². The molecule has 0 saturated carbocycles. The predicted molar refractivity (Wildman–Crippen MR) is 88.1 cm³/mol. The van der Waals surface area contributed by atoms with Crippen molar-refractivity contribution >= 4 is 42.6 Å². The third-order valence-corrected chi connectivity index (χ3v) is 9.15. The monoisotopic (exact) mass is 330 g/mol. The quantitative estimate of drug-likeness (QED) is 0.766. The lowest BCUT2D eigenvalue weighted by atomic mass is 10.2. The minimum absolute atomic E-state index is 0.186. The van der Waals surface area contributed by atoms with Crippen LogP contribution in [0.4, 0.5) is 0 Å². The standard InChI is InChI=1S/C14H20Cl2N2OSi/c1-14(2,3)20(4,5)19-8-13-17-11-6-9(15)10(16)7-12(11)18-13/h6-7H,8H2,1-5H3,(H,17,18). The molecule has 0 amide bonds. The summed E-state index contributed by atoms with van der Waals surface area (Å²) in [5.74, 6) is 0.808. The van der Waals surface area contributed by atoms with Crippen molar-refractivity contribution in [3.63, 3.8) is 0 Å². The van der Waals surface area contributed by atoms with Crippen molar-refractivity contribution in [3.8, 4) is 0 Å². The van der Waals surface area contributed by atoms with E-state index >= 15 is 0 Å². The number of aromatic amines is 1. The number of aromatic nitrogens is 2. The van der Waals surface area contributed by atoms with Gasteiger partial charge in [0.05, 0.1) is 27.7 Å². The van der Waals surface area contributed by atoms with Gasteiger partial charge in [0.2, 0.25) is 0 Å². The molecule has 1 N–H and O–H groups in total. The third kappa shape index (κ3) is 3.19. The van der Waals surface area contributed by atoms with E-state index in [0.717, 1.165) is 16.9 Å². The van der Waals surface area contributed by atoms with Gasteiger partial charge in [-0.2, -0.15) is 0 Å². The number of rotatable bonds is 3. The molecule has 0 saturated heterocycles. The molecule has 0 atom stereocenters. The zero-order valence-corrected chi connectivity index (χ0v) is 15.0. The van der Waals surface area contributed by atoms with Crippen LogP contribution in [0.2, 0.25) is 28.2 Å².